The average molecular weight is 178 g/mol. The first kappa shape index (κ1) is 9.89. The Morgan fingerprint density at radius 1 is 1.75 bits per heavy atom. The molecule has 1 aliphatic heterocycles. The van der Waals surface area contributed by atoms with Gasteiger partial charge < -0.3 is 14.6 Å². The molecule has 1 rings (SSSR count). The fourth-order valence-corrected chi connectivity index (χ4v) is 1.26. The molecule has 4 heteroatoms. The molecular weight excluding hydrogens is 163 g/mol. The number of aliphatic hydroxyl groups excluding tert-OH is 1. The molecule has 3 nitrogen and oxygen atoms in total. The summed E-state index contributed by atoms with van der Waals surface area (Å²) in [6, 6.07) is 0. The summed E-state index contributed by atoms with van der Waals surface area (Å²) in [6.07, 6.45) is -1.42. The maximum atomic E-state index is 13.2. The molecule has 1 saturated heterocycles. The van der Waals surface area contributed by atoms with Crippen molar-refractivity contribution in [3.63, 3.8) is 0 Å². The van der Waals surface area contributed by atoms with Gasteiger partial charge in [-0.3, -0.25) is 0 Å². The zero-order valence-corrected chi connectivity index (χ0v) is 7.42. The summed E-state index contributed by atoms with van der Waals surface area (Å²) in [5, 5.41) is 8.86. The third-order valence-corrected chi connectivity index (χ3v) is 2.13. The largest absolute Gasteiger partial charge is 0.393 e. The molecular formula is C8H15FO3. The second kappa shape index (κ2) is 3.68. The Balaban J connectivity index is 2.49. The normalized spacial score (nSPS) is 42.0. The van der Waals surface area contributed by atoms with E-state index in [2.05, 4.69) is 0 Å². The van der Waals surface area contributed by atoms with Gasteiger partial charge in [-0.25, -0.2) is 4.39 Å². The minimum atomic E-state index is -1.14. The van der Waals surface area contributed by atoms with Crippen molar-refractivity contribution in [2.24, 2.45) is 0 Å². The number of halogens is 1. The molecule has 72 valence electrons. The van der Waals surface area contributed by atoms with Crippen LogP contribution in [-0.2, 0) is 9.47 Å². The first-order chi connectivity index (χ1) is 5.62. The van der Waals surface area contributed by atoms with Crippen molar-refractivity contribution in [3.05, 3.63) is 0 Å². The topological polar surface area (TPSA) is 38.7 Å². The summed E-state index contributed by atoms with van der Waals surface area (Å²) >= 11 is 0. The van der Waals surface area contributed by atoms with Gasteiger partial charge in [0.25, 0.3) is 0 Å². The van der Waals surface area contributed by atoms with Gasteiger partial charge in [0, 0.05) is 13.0 Å². The van der Waals surface area contributed by atoms with Crippen LogP contribution in [0.4, 0.5) is 4.39 Å². The number of alkyl halides is 1. The van der Waals surface area contributed by atoms with E-state index in [1.54, 1.807) is 6.92 Å². The van der Waals surface area contributed by atoms with Gasteiger partial charge in [-0.2, -0.15) is 0 Å². The van der Waals surface area contributed by atoms with Crippen molar-refractivity contribution in [2.45, 2.75) is 38.3 Å². The Bertz CT molecular complexity index is 153. The molecule has 0 saturated carbocycles. The second-order valence-electron chi connectivity index (χ2n) is 3.18. The van der Waals surface area contributed by atoms with E-state index in [0.29, 0.717) is 6.61 Å². The van der Waals surface area contributed by atoms with Crippen LogP contribution in [0.25, 0.3) is 0 Å². The lowest BCUT2D eigenvalue weighted by atomic mass is 10.0. The molecule has 0 aromatic heterocycles. The van der Waals surface area contributed by atoms with Crippen LogP contribution in [0.5, 0.6) is 0 Å². The van der Waals surface area contributed by atoms with E-state index in [1.807, 2.05) is 6.92 Å². The van der Waals surface area contributed by atoms with Gasteiger partial charge in [0.15, 0.2) is 6.29 Å². The zero-order chi connectivity index (χ0) is 9.19. The van der Waals surface area contributed by atoms with Crippen LogP contribution in [0.2, 0.25) is 0 Å². The number of rotatable bonds is 3. The van der Waals surface area contributed by atoms with Gasteiger partial charge in [0.2, 0.25) is 0 Å². The van der Waals surface area contributed by atoms with E-state index in [1.165, 1.54) is 0 Å². The molecule has 0 radical (unpaired) electrons. The predicted molar refractivity (Wildman–Crippen MR) is 41.5 cm³/mol. The molecule has 1 unspecified atom stereocenters. The SMILES string of the molecule is CCOC1C[C@H](F)[C@@](C)(CO)O1. The van der Waals surface area contributed by atoms with Gasteiger partial charge in [-0.1, -0.05) is 0 Å². The number of ether oxygens (including phenoxy) is 2. The molecule has 0 aliphatic carbocycles. The highest BCUT2D eigenvalue weighted by atomic mass is 19.1. The maximum absolute atomic E-state index is 13.2. The summed E-state index contributed by atoms with van der Waals surface area (Å²) in [7, 11) is 0. The number of hydrogen-bond donors (Lipinski definition) is 1. The van der Waals surface area contributed by atoms with Crippen LogP contribution >= 0.6 is 0 Å². The van der Waals surface area contributed by atoms with E-state index in [0.717, 1.165) is 0 Å². The van der Waals surface area contributed by atoms with Crippen molar-refractivity contribution in [1.82, 2.24) is 0 Å². The molecule has 1 fully saturated rings. The first-order valence-electron chi connectivity index (χ1n) is 4.16. The monoisotopic (exact) mass is 178 g/mol. The Kier molecular flexibility index (Phi) is 3.04. The lowest BCUT2D eigenvalue weighted by Crippen LogP contribution is -2.37. The Labute approximate surface area is 71.5 Å². The Morgan fingerprint density at radius 2 is 2.42 bits per heavy atom. The second-order valence-corrected chi connectivity index (χ2v) is 3.18. The molecule has 0 aromatic rings. The maximum Gasteiger partial charge on any atom is 0.161 e. The van der Waals surface area contributed by atoms with Crippen molar-refractivity contribution < 1.29 is 19.0 Å². The van der Waals surface area contributed by atoms with Crippen LogP contribution < -0.4 is 0 Å². The van der Waals surface area contributed by atoms with Gasteiger partial charge in [-0.05, 0) is 13.8 Å². The molecule has 0 aromatic carbocycles. The quantitative estimate of drug-likeness (QED) is 0.696. The zero-order valence-electron chi connectivity index (χ0n) is 7.42. The van der Waals surface area contributed by atoms with Gasteiger partial charge in [0.1, 0.15) is 11.8 Å². The highest BCUT2D eigenvalue weighted by Gasteiger charge is 2.45. The minimum absolute atomic E-state index is 0.213. The summed E-state index contributed by atoms with van der Waals surface area (Å²) in [4.78, 5) is 0. The van der Waals surface area contributed by atoms with Crippen LogP contribution in [-0.4, -0.2) is 36.4 Å². The Morgan fingerprint density at radius 3 is 2.83 bits per heavy atom. The van der Waals surface area contributed by atoms with Crippen LogP contribution in [0.1, 0.15) is 20.3 Å². The van der Waals surface area contributed by atoms with E-state index in [9.17, 15) is 4.39 Å². The standard InChI is InChI=1S/C8H15FO3/c1-3-11-7-4-6(9)8(2,5-10)12-7/h6-7,10H,3-5H2,1-2H3/t6-,7?,8+/m0/s1. The molecule has 1 N–H and O–H groups in total. The third kappa shape index (κ3) is 1.76. The van der Waals surface area contributed by atoms with E-state index >= 15 is 0 Å². The Hall–Kier alpha value is -0.190. The van der Waals surface area contributed by atoms with Crippen molar-refractivity contribution >= 4 is 0 Å². The highest BCUT2D eigenvalue weighted by molar-refractivity contribution is 4.90. The van der Waals surface area contributed by atoms with Crippen molar-refractivity contribution in [1.29, 1.82) is 0 Å². The smallest absolute Gasteiger partial charge is 0.161 e. The van der Waals surface area contributed by atoms with Crippen LogP contribution in [0, 0.1) is 0 Å². The molecule has 0 amide bonds. The minimum Gasteiger partial charge on any atom is -0.393 e. The summed E-state index contributed by atoms with van der Waals surface area (Å²) in [5.41, 5.74) is -1.07. The van der Waals surface area contributed by atoms with E-state index in [-0.39, 0.29) is 13.0 Å². The molecule has 1 heterocycles. The molecule has 3 atom stereocenters. The fourth-order valence-electron chi connectivity index (χ4n) is 1.26. The van der Waals surface area contributed by atoms with Crippen molar-refractivity contribution in [2.75, 3.05) is 13.2 Å². The highest BCUT2D eigenvalue weighted by Crippen LogP contribution is 2.32. The third-order valence-electron chi connectivity index (χ3n) is 2.13. The van der Waals surface area contributed by atoms with E-state index in [4.69, 9.17) is 14.6 Å². The van der Waals surface area contributed by atoms with Crippen molar-refractivity contribution in [3.8, 4) is 0 Å². The van der Waals surface area contributed by atoms with Gasteiger partial charge in [0.05, 0.1) is 6.61 Å². The lowest BCUT2D eigenvalue weighted by Gasteiger charge is -2.23. The van der Waals surface area contributed by atoms with Gasteiger partial charge >= 0.3 is 0 Å². The predicted octanol–water partition coefficient (Wildman–Crippen LogP) is 0.858. The molecule has 0 spiro atoms. The molecule has 12 heavy (non-hydrogen) atoms. The summed E-state index contributed by atoms with van der Waals surface area (Å²) in [6.45, 7) is 3.57. The lowest BCUT2D eigenvalue weighted by molar-refractivity contribution is -0.176. The summed E-state index contributed by atoms with van der Waals surface area (Å²) < 4.78 is 23.5. The van der Waals surface area contributed by atoms with E-state index < -0.39 is 18.1 Å². The number of hydrogen-bond acceptors (Lipinski definition) is 3. The first-order valence-corrected chi connectivity index (χ1v) is 4.16. The number of aliphatic hydroxyl groups is 1. The molecule has 1 aliphatic rings. The summed E-state index contributed by atoms with van der Waals surface area (Å²) in [5.74, 6) is 0. The molecule has 0 bridgehead atoms. The fraction of sp³-hybridized carbons (Fsp3) is 1.00. The van der Waals surface area contributed by atoms with Crippen LogP contribution in [0.15, 0.2) is 0 Å². The van der Waals surface area contributed by atoms with Crippen LogP contribution in [0.3, 0.4) is 0 Å². The average Bonchev–Trinajstić information content (AvgIpc) is 2.30. The van der Waals surface area contributed by atoms with Gasteiger partial charge in [-0.15, -0.1) is 0 Å².